The highest BCUT2D eigenvalue weighted by molar-refractivity contribution is 5.65. The van der Waals surface area contributed by atoms with Gasteiger partial charge in [-0.1, -0.05) is 57.6 Å². The molecular formula is C34H35F7O3. The van der Waals surface area contributed by atoms with Crippen LogP contribution in [-0.4, -0.2) is 13.2 Å². The highest BCUT2D eigenvalue weighted by Crippen LogP contribution is 2.41. The summed E-state index contributed by atoms with van der Waals surface area (Å²) in [6.07, 6.45) is 3.71. The predicted octanol–water partition coefficient (Wildman–Crippen LogP) is 10.2. The Labute approximate surface area is 252 Å². The smallest absolute Gasteiger partial charge is 0.429 e. The molecule has 0 unspecified atom stereocenters. The zero-order valence-electron chi connectivity index (χ0n) is 24.4. The van der Waals surface area contributed by atoms with Crippen molar-refractivity contribution >= 4 is 0 Å². The summed E-state index contributed by atoms with van der Waals surface area (Å²) in [7, 11) is 0. The molecule has 0 amide bonds. The lowest BCUT2D eigenvalue weighted by atomic mass is 9.74. The van der Waals surface area contributed by atoms with Gasteiger partial charge in [-0.15, -0.1) is 0 Å². The molecule has 238 valence electrons. The molecule has 0 spiro atoms. The molecule has 44 heavy (non-hydrogen) atoms. The van der Waals surface area contributed by atoms with Crippen molar-refractivity contribution in [2.75, 3.05) is 13.2 Å². The maximum Gasteiger partial charge on any atom is 0.432 e. The monoisotopic (exact) mass is 624 g/mol. The Bertz CT molecular complexity index is 1370. The Morgan fingerprint density at radius 2 is 1.34 bits per heavy atom. The van der Waals surface area contributed by atoms with Gasteiger partial charge in [-0.3, -0.25) is 0 Å². The molecule has 1 saturated heterocycles. The maximum absolute atomic E-state index is 15.0. The standard InChI is InChI=1S/C34H35F7O3/c1-2-3-4-5-20-6-8-21(9-7-20)24-18-42-33(43-19-24)23-14-29(38)32(30(39)15-23)34(40,41)44-26-16-27(36)31(28(37)17-26)22-10-12-25(35)13-11-22/h10-17,20-21,24,33H,2-9,18-19H2,1H3. The number of rotatable bonds is 10. The molecule has 5 rings (SSSR count). The second-order valence-electron chi connectivity index (χ2n) is 11.8. The quantitative estimate of drug-likeness (QED) is 0.166. The van der Waals surface area contributed by atoms with Gasteiger partial charge in [0.25, 0.3) is 0 Å². The van der Waals surface area contributed by atoms with Gasteiger partial charge in [0.05, 0.1) is 18.8 Å². The molecule has 0 aromatic heterocycles. The number of halogens is 7. The van der Waals surface area contributed by atoms with E-state index in [1.54, 1.807) is 0 Å². The first kappa shape index (κ1) is 32.3. The summed E-state index contributed by atoms with van der Waals surface area (Å²) in [4.78, 5) is 0. The molecule has 1 saturated carbocycles. The van der Waals surface area contributed by atoms with Crippen LogP contribution in [0.4, 0.5) is 30.7 Å². The molecule has 2 aliphatic rings. The van der Waals surface area contributed by atoms with Gasteiger partial charge in [0.1, 0.15) is 40.4 Å². The van der Waals surface area contributed by atoms with Crippen LogP contribution in [0.15, 0.2) is 48.5 Å². The molecule has 0 N–H and O–H groups in total. The van der Waals surface area contributed by atoms with Crippen LogP contribution in [0.5, 0.6) is 5.75 Å². The first-order chi connectivity index (χ1) is 21.1. The Kier molecular flexibility index (Phi) is 10.2. The van der Waals surface area contributed by atoms with Crippen molar-refractivity contribution in [2.45, 2.75) is 70.7 Å². The van der Waals surface area contributed by atoms with Crippen LogP contribution in [0.25, 0.3) is 11.1 Å². The van der Waals surface area contributed by atoms with Gasteiger partial charge in [0, 0.05) is 23.6 Å². The van der Waals surface area contributed by atoms with Gasteiger partial charge >= 0.3 is 6.11 Å². The second-order valence-corrected chi connectivity index (χ2v) is 11.8. The number of hydrogen-bond acceptors (Lipinski definition) is 3. The minimum absolute atomic E-state index is 0.0453. The number of alkyl halides is 2. The molecule has 3 aromatic carbocycles. The predicted molar refractivity (Wildman–Crippen MR) is 150 cm³/mol. The number of hydrogen-bond donors (Lipinski definition) is 0. The fourth-order valence-corrected chi connectivity index (χ4v) is 6.32. The van der Waals surface area contributed by atoms with E-state index in [9.17, 15) is 30.7 Å². The Balaban J connectivity index is 1.22. The van der Waals surface area contributed by atoms with Gasteiger partial charge in [-0.05, 0) is 54.5 Å². The van der Waals surface area contributed by atoms with E-state index < -0.39 is 58.4 Å². The van der Waals surface area contributed by atoms with Crippen molar-refractivity contribution in [3.63, 3.8) is 0 Å². The Morgan fingerprint density at radius 1 is 0.750 bits per heavy atom. The molecule has 1 aliphatic heterocycles. The van der Waals surface area contributed by atoms with Gasteiger partial charge < -0.3 is 14.2 Å². The largest absolute Gasteiger partial charge is 0.432 e. The van der Waals surface area contributed by atoms with Crippen LogP contribution in [0.1, 0.15) is 75.7 Å². The van der Waals surface area contributed by atoms with E-state index in [4.69, 9.17) is 9.47 Å². The zero-order valence-corrected chi connectivity index (χ0v) is 24.4. The summed E-state index contributed by atoms with van der Waals surface area (Å²) < 4.78 is 118. The van der Waals surface area contributed by atoms with Crippen LogP contribution < -0.4 is 4.74 Å². The van der Waals surface area contributed by atoms with Crippen molar-refractivity contribution < 1.29 is 44.9 Å². The normalized spacial score (nSPS) is 22.6. The van der Waals surface area contributed by atoms with Crippen molar-refractivity contribution in [2.24, 2.45) is 17.8 Å². The van der Waals surface area contributed by atoms with Gasteiger partial charge in [-0.25, -0.2) is 22.0 Å². The number of benzene rings is 3. The van der Waals surface area contributed by atoms with Gasteiger partial charge in [0.2, 0.25) is 0 Å². The van der Waals surface area contributed by atoms with Gasteiger partial charge in [-0.2, -0.15) is 8.78 Å². The Hall–Kier alpha value is -3.11. The lowest BCUT2D eigenvalue weighted by Crippen LogP contribution is -2.34. The average molecular weight is 625 g/mol. The zero-order chi connectivity index (χ0) is 31.4. The number of ether oxygens (including phenoxy) is 3. The molecule has 0 atom stereocenters. The van der Waals surface area contributed by atoms with Crippen LogP contribution in [-0.2, 0) is 15.6 Å². The third-order valence-corrected chi connectivity index (χ3v) is 8.72. The molecule has 10 heteroatoms. The van der Waals surface area contributed by atoms with E-state index in [2.05, 4.69) is 11.7 Å². The molecule has 3 nitrogen and oxygen atoms in total. The highest BCUT2D eigenvalue weighted by atomic mass is 19.3. The third-order valence-electron chi connectivity index (χ3n) is 8.72. The summed E-state index contributed by atoms with van der Waals surface area (Å²) in [5, 5.41) is 0. The van der Waals surface area contributed by atoms with Crippen molar-refractivity contribution in [1.82, 2.24) is 0 Å². The molecule has 1 aliphatic carbocycles. The van der Waals surface area contributed by atoms with Crippen molar-refractivity contribution in [1.29, 1.82) is 0 Å². The SMILES string of the molecule is CCCCCC1CCC(C2COC(c3cc(F)c(C(F)(F)Oc4cc(F)c(-c5ccc(F)cc5)c(F)c4)c(F)c3)OC2)CC1. The topological polar surface area (TPSA) is 27.7 Å². The molecule has 0 radical (unpaired) electrons. The highest BCUT2D eigenvalue weighted by Gasteiger charge is 2.42. The van der Waals surface area contributed by atoms with Gasteiger partial charge in [0.15, 0.2) is 6.29 Å². The van der Waals surface area contributed by atoms with E-state index in [1.165, 1.54) is 38.5 Å². The molecular weight excluding hydrogens is 589 g/mol. The first-order valence-electron chi connectivity index (χ1n) is 15.1. The fraction of sp³-hybridized carbons (Fsp3) is 0.471. The molecule has 1 heterocycles. The van der Waals surface area contributed by atoms with Crippen molar-refractivity contribution in [3.8, 4) is 16.9 Å². The first-order valence-corrected chi connectivity index (χ1v) is 15.1. The molecule has 0 bridgehead atoms. The van der Waals surface area contributed by atoms with Crippen LogP contribution in [0, 0.1) is 46.8 Å². The summed E-state index contributed by atoms with van der Waals surface area (Å²) in [6, 6.07) is 6.45. The average Bonchev–Trinajstić information content (AvgIpc) is 2.97. The fourth-order valence-electron chi connectivity index (χ4n) is 6.32. The summed E-state index contributed by atoms with van der Waals surface area (Å²) in [5.41, 5.74) is -2.49. The third kappa shape index (κ3) is 7.40. The lowest BCUT2D eigenvalue weighted by molar-refractivity contribution is -0.215. The summed E-state index contributed by atoms with van der Waals surface area (Å²) in [6.45, 7) is 2.84. The van der Waals surface area contributed by atoms with E-state index in [-0.39, 0.29) is 17.0 Å². The lowest BCUT2D eigenvalue weighted by Gasteiger charge is -2.38. The van der Waals surface area contributed by atoms with E-state index in [0.29, 0.717) is 43.4 Å². The van der Waals surface area contributed by atoms with E-state index in [0.717, 1.165) is 43.0 Å². The summed E-state index contributed by atoms with van der Waals surface area (Å²) in [5.74, 6) is -6.16. The van der Waals surface area contributed by atoms with E-state index >= 15 is 0 Å². The second kappa shape index (κ2) is 13.9. The minimum atomic E-state index is -4.63. The number of unbranched alkanes of at least 4 members (excludes halogenated alkanes) is 2. The molecule has 3 aromatic rings. The van der Waals surface area contributed by atoms with Crippen LogP contribution in [0.2, 0.25) is 0 Å². The Morgan fingerprint density at radius 3 is 1.91 bits per heavy atom. The summed E-state index contributed by atoms with van der Waals surface area (Å²) >= 11 is 0. The van der Waals surface area contributed by atoms with E-state index in [1.807, 2.05) is 0 Å². The van der Waals surface area contributed by atoms with Crippen LogP contribution in [0.3, 0.4) is 0 Å². The van der Waals surface area contributed by atoms with Crippen molar-refractivity contribution in [3.05, 3.63) is 88.7 Å². The van der Waals surface area contributed by atoms with Crippen LogP contribution >= 0.6 is 0 Å². The maximum atomic E-state index is 15.0. The minimum Gasteiger partial charge on any atom is -0.429 e. The molecule has 2 fully saturated rings.